The zero-order valence-electron chi connectivity index (χ0n) is 10.8. The molecule has 0 heterocycles. The summed E-state index contributed by atoms with van der Waals surface area (Å²) < 4.78 is 5.65. The largest absolute Gasteiger partial charge is 0.493 e. The number of ether oxygens (including phenoxy) is 1. The second kappa shape index (κ2) is 6.43. The number of benzene rings is 2. The number of amides is 1. The van der Waals surface area contributed by atoms with Gasteiger partial charge in [-0.1, -0.05) is 24.3 Å². The molecule has 0 radical (unpaired) electrons. The van der Waals surface area contributed by atoms with Gasteiger partial charge in [-0.15, -0.1) is 11.6 Å². The van der Waals surface area contributed by atoms with Crippen LogP contribution in [0.1, 0.15) is 12.5 Å². The Bertz CT molecular complexity index is 583. The molecule has 1 amide bonds. The van der Waals surface area contributed by atoms with E-state index in [1.54, 1.807) is 0 Å². The van der Waals surface area contributed by atoms with Gasteiger partial charge in [0.1, 0.15) is 11.6 Å². The van der Waals surface area contributed by atoms with Crippen molar-refractivity contribution in [1.29, 1.82) is 0 Å². The first-order valence-electron chi connectivity index (χ1n) is 6.21. The number of alkyl halides is 1. The van der Waals surface area contributed by atoms with Gasteiger partial charge < -0.3 is 10.1 Å². The molecule has 1 N–H and O–H groups in total. The molecule has 0 atom stereocenters. The second-order valence-corrected chi connectivity index (χ2v) is 4.43. The van der Waals surface area contributed by atoms with E-state index in [1.807, 2.05) is 43.3 Å². The van der Waals surface area contributed by atoms with Crippen LogP contribution in [-0.4, -0.2) is 18.4 Å². The smallest absolute Gasteiger partial charge is 0.235 e. The molecule has 0 aliphatic rings. The third kappa shape index (κ3) is 3.38. The zero-order chi connectivity index (χ0) is 13.7. The Morgan fingerprint density at radius 1 is 1.32 bits per heavy atom. The molecule has 2 rings (SSSR count). The first-order chi connectivity index (χ1) is 9.24. The van der Waals surface area contributed by atoms with E-state index in [9.17, 15) is 4.79 Å². The molecular weight excluding hydrogens is 262 g/mol. The van der Waals surface area contributed by atoms with Crippen molar-refractivity contribution in [3.05, 3.63) is 42.0 Å². The van der Waals surface area contributed by atoms with E-state index in [4.69, 9.17) is 16.3 Å². The number of hydrogen-bond donors (Lipinski definition) is 1. The summed E-state index contributed by atoms with van der Waals surface area (Å²) >= 11 is 5.46. The Morgan fingerprint density at radius 2 is 2.11 bits per heavy atom. The quantitative estimate of drug-likeness (QED) is 0.853. The summed E-state index contributed by atoms with van der Waals surface area (Å²) in [5.74, 6) is 0.648. The highest BCUT2D eigenvalue weighted by atomic mass is 35.5. The van der Waals surface area contributed by atoms with E-state index in [1.165, 1.54) is 0 Å². The van der Waals surface area contributed by atoms with Crippen LogP contribution in [-0.2, 0) is 11.3 Å². The lowest BCUT2D eigenvalue weighted by Gasteiger charge is -2.11. The van der Waals surface area contributed by atoms with Crippen LogP contribution in [0.15, 0.2) is 36.4 Å². The van der Waals surface area contributed by atoms with Gasteiger partial charge in [0.2, 0.25) is 5.91 Å². The van der Waals surface area contributed by atoms with Crippen molar-refractivity contribution in [3.63, 3.8) is 0 Å². The topological polar surface area (TPSA) is 38.3 Å². The normalized spacial score (nSPS) is 10.4. The molecule has 2 aromatic carbocycles. The summed E-state index contributed by atoms with van der Waals surface area (Å²) in [6.45, 7) is 3.02. The molecule has 0 aliphatic heterocycles. The van der Waals surface area contributed by atoms with E-state index >= 15 is 0 Å². The lowest BCUT2D eigenvalue weighted by Crippen LogP contribution is -2.23. The highest BCUT2D eigenvalue weighted by Crippen LogP contribution is 2.27. The van der Waals surface area contributed by atoms with Gasteiger partial charge in [0.25, 0.3) is 0 Å². The van der Waals surface area contributed by atoms with Crippen molar-refractivity contribution >= 4 is 28.3 Å². The molecule has 19 heavy (non-hydrogen) atoms. The lowest BCUT2D eigenvalue weighted by atomic mass is 10.1. The molecule has 0 bridgehead atoms. The van der Waals surface area contributed by atoms with Gasteiger partial charge in [-0.3, -0.25) is 4.79 Å². The maximum atomic E-state index is 11.2. The molecular formula is C15H16ClNO2. The van der Waals surface area contributed by atoms with Crippen LogP contribution >= 0.6 is 11.6 Å². The Balaban J connectivity index is 2.32. The highest BCUT2D eigenvalue weighted by molar-refractivity contribution is 6.27. The number of halogens is 1. The van der Waals surface area contributed by atoms with Crippen LogP contribution in [0.4, 0.5) is 0 Å². The summed E-state index contributed by atoms with van der Waals surface area (Å²) in [6, 6.07) is 12.0. The van der Waals surface area contributed by atoms with Gasteiger partial charge in [-0.2, -0.15) is 0 Å². The molecule has 2 aromatic rings. The van der Waals surface area contributed by atoms with Crippen molar-refractivity contribution in [1.82, 2.24) is 5.32 Å². The SMILES string of the molecule is CCOc1cc(CNC(=O)CCl)cc2ccccc12. The molecule has 100 valence electrons. The fraction of sp³-hybridized carbons (Fsp3) is 0.267. The highest BCUT2D eigenvalue weighted by Gasteiger charge is 2.06. The molecule has 0 unspecified atom stereocenters. The minimum absolute atomic E-state index is 0.0219. The van der Waals surface area contributed by atoms with Crippen molar-refractivity contribution in [2.75, 3.05) is 12.5 Å². The summed E-state index contributed by atoms with van der Waals surface area (Å²) in [6.07, 6.45) is 0. The number of hydrogen-bond acceptors (Lipinski definition) is 2. The van der Waals surface area contributed by atoms with E-state index in [2.05, 4.69) is 5.32 Å². The predicted octanol–water partition coefficient (Wildman–Crippen LogP) is 3.09. The molecule has 0 fully saturated rings. The van der Waals surface area contributed by atoms with Gasteiger partial charge in [-0.05, 0) is 30.0 Å². The summed E-state index contributed by atoms with van der Waals surface area (Å²) in [5, 5.41) is 4.94. The van der Waals surface area contributed by atoms with Crippen molar-refractivity contribution in [2.24, 2.45) is 0 Å². The summed E-state index contributed by atoms with van der Waals surface area (Å²) in [4.78, 5) is 11.2. The first kappa shape index (κ1) is 13.7. The number of fused-ring (bicyclic) bond motifs is 1. The summed E-state index contributed by atoms with van der Waals surface area (Å²) in [5.41, 5.74) is 1.00. The summed E-state index contributed by atoms with van der Waals surface area (Å²) in [7, 11) is 0. The Kier molecular flexibility index (Phi) is 4.63. The van der Waals surface area contributed by atoms with Gasteiger partial charge in [0, 0.05) is 11.9 Å². The van der Waals surface area contributed by atoms with Crippen molar-refractivity contribution in [2.45, 2.75) is 13.5 Å². The van der Waals surface area contributed by atoms with Gasteiger partial charge in [0.05, 0.1) is 6.61 Å². The monoisotopic (exact) mass is 277 g/mol. The average Bonchev–Trinajstić information content (AvgIpc) is 2.45. The van der Waals surface area contributed by atoms with Crippen LogP contribution in [0.3, 0.4) is 0 Å². The van der Waals surface area contributed by atoms with Crippen LogP contribution in [0.2, 0.25) is 0 Å². The standard InChI is InChI=1S/C15H16ClNO2/c1-2-19-14-8-11(10-17-15(18)9-16)7-12-5-3-4-6-13(12)14/h3-8H,2,9-10H2,1H3,(H,17,18). The maximum Gasteiger partial charge on any atom is 0.235 e. The maximum absolute atomic E-state index is 11.2. The minimum Gasteiger partial charge on any atom is -0.493 e. The Hall–Kier alpha value is -1.74. The lowest BCUT2D eigenvalue weighted by molar-refractivity contribution is -0.118. The Morgan fingerprint density at radius 3 is 2.84 bits per heavy atom. The predicted molar refractivity (Wildman–Crippen MR) is 77.7 cm³/mol. The molecule has 0 saturated carbocycles. The average molecular weight is 278 g/mol. The second-order valence-electron chi connectivity index (χ2n) is 4.16. The molecule has 3 nitrogen and oxygen atoms in total. The molecule has 0 spiro atoms. The van der Waals surface area contributed by atoms with Crippen LogP contribution < -0.4 is 10.1 Å². The van der Waals surface area contributed by atoms with Gasteiger partial charge >= 0.3 is 0 Å². The van der Waals surface area contributed by atoms with E-state index in [-0.39, 0.29) is 11.8 Å². The number of carbonyl (C=O) groups is 1. The third-order valence-electron chi connectivity index (χ3n) is 2.79. The third-order valence-corrected chi connectivity index (χ3v) is 3.04. The van der Waals surface area contributed by atoms with E-state index in [0.29, 0.717) is 13.2 Å². The number of carbonyl (C=O) groups excluding carboxylic acids is 1. The fourth-order valence-electron chi connectivity index (χ4n) is 1.96. The molecule has 0 aromatic heterocycles. The van der Waals surface area contributed by atoms with E-state index in [0.717, 1.165) is 22.1 Å². The molecule has 0 aliphatic carbocycles. The number of nitrogens with one attached hydrogen (secondary N) is 1. The van der Waals surface area contributed by atoms with E-state index < -0.39 is 0 Å². The molecule has 0 saturated heterocycles. The first-order valence-corrected chi connectivity index (χ1v) is 6.75. The van der Waals surface area contributed by atoms with Crippen LogP contribution in [0.25, 0.3) is 10.8 Å². The van der Waals surface area contributed by atoms with Crippen LogP contribution in [0, 0.1) is 0 Å². The van der Waals surface area contributed by atoms with Crippen molar-refractivity contribution in [3.8, 4) is 5.75 Å². The van der Waals surface area contributed by atoms with Crippen molar-refractivity contribution < 1.29 is 9.53 Å². The minimum atomic E-state index is -0.173. The number of rotatable bonds is 5. The Labute approximate surface area is 117 Å². The van der Waals surface area contributed by atoms with Gasteiger partial charge in [0.15, 0.2) is 0 Å². The zero-order valence-corrected chi connectivity index (χ0v) is 11.5. The van der Waals surface area contributed by atoms with Crippen LogP contribution in [0.5, 0.6) is 5.75 Å². The van der Waals surface area contributed by atoms with Gasteiger partial charge in [-0.25, -0.2) is 0 Å². The molecule has 4 heteroatoms. The fourth-order valence-corrected chi connectivity index (χ4v) is 2.05.